The number of aromatic nitrogens is 3. The van der Waals surface area contributed by atoms with Gasteiger partial charge in [0.05, 0.1) is 32.5 Å². The van der Waals surface area contributed by atoms with Gasteiger partial charge in [-0.15, -0.1) is 0 Å². The Labute approximate surface area is 177 Å². The second-order valence-electron chi connectivity index (χ2n) is 7.66. The molecule has 1 aliphatic heterocycles. The number of H-pyrrole nitrogens is 2. The number of pyridine rings is 2. The van der Waals surface area contributed by atoms with Crippen LogP contribution >= 0.6 is 23.2 Å². The third-order valence-electron chi connectivity index (χ3n) is 5.87. The Balaban J connectivity index is 1.40. The van der Waals surface area contributed by atoms with Gasteiger partial charge in [-0.05, 0) is 36.6 Å². The molecular formula is C22H21Cl2N4O+. The van der Waals surface area contributed by atoms with Crippen LogP contribution in [0.25, 0.3) is 21.9 Å². The lowest BCUT2D eigenvalue weighted by Crippen LogP contribution is -2.34. The second-order valence-corrected chi connectivity index (χ2v) is 8.47. The molecule has 4 heterocycles. The maximum absolute atomic E-state index is 12.4. The van der Waals surface area contributed by atoms with Crippen molar-refractivity contribution >= 4 is 45.1 Å². The number of nitrogens with one attached hydrogen (secondary N) is 2. The standard InChI is InChI=1S/C22H20Cl2N4O/c23-18-2-1-14(11-19(18)24)13-27-8-4-15(5-9-27)28-10-6-20(29)17-12-26-22-16(21(17)28)3-7-25-22/h1-3,6-7,10-12,15H,4-5,8-9,13H2,(H,25,26)/p+1. The quantitative estimate of drug-likeness (QED) is 0.525. The summed E-state index contributed by atoms with van der Waals surface area (Å²) < 4.78 is 2.29. The summed E-state index contributed by atoms with van der Waals surface area (Å²) in [6, 6.07) is 9.92. The zero-order chi connectivity index (χ0) is 20.0. The SMILES string of the molecule is O=c1ccn(C2CCN(Cc3ccc(Cl)c(Cl)c3)CC2)c2c1c[nH+]c1[nH]ccc12. The van der Waals surface area contributed by atoms with Gasteiger partial charge in [0.1, 0.15) is 6.20 Å². The number of fused-ring (bicyclic) bond motifs is 3. The van der Waals surface area contributed by atoms with Gasteiger partial charge < -0.3 is 4.57 Å². The Morgan fingerprint density at radius 1 is 1.07 bits per heavy atom. The van der Waals surface area contributed by atoms with Crippen molar-refractivity contribution in [3.8, 4) is 0 Å². The first-order valence-corrected chi connectivity index (χ1v) is 10.5. The zero-order valence-electron chi connectivity index (χ0n) is 15.8. The summed E-state index contributed by atoms with van der Waals surface area (Å²) in [6.07, 6.45) is 7.73. The van der Waals surface area contributed by atoms with Crippen molar-refractivity contribution in [1.82, 2.24) is 14.5 Å². The Bertz CT molecular complexity index is 1250. The van der Waals surface area contributed by atoms with Gasteiger partial charge in [0.2, 0.25) is 0 Å². The Kier molecular flexibility index (Phi) is 4.82. The lowest BCUT2D eigenvalue weighted by molar-refractivity contribution is -0.345. The van der Waals surface area contributed by atoms with E-state index in [9.17, 15) is 4.79 Å². The van der Waals surface area contributed by atoms with Crippen LogP contribution in [0.15, 0.2) is 53.7 Å². The van der Waals surface area contributed by atoms with Gasteiger partial charge in [0.15, 0.2) is 5.43 Å². The number of aromatic amines is 2. The van der Waals surface area contributed by atoms with Crippen LogP contribution in [0.2, 0.25) is 10.0 Å². The van der Waals surface area contributed by atoms with E-state index in [2.05, 4.69) is 19.4 Å². The molecule has 1 fully saturated rings. The van der Waals surface area contributed by atoms with Crippen LogP contribution in [-0.2, 0) is 6.54 Å². The van der Waals surface area contributed by atoms with Gasteiger partial charge in [-0.2, -0.15) is 0 Å². The van der Waals surface area contributed by atoms with Gasteiger partial charge in [0, 0.05) is 37.9 Å². The van der Waals surface area contributed by atoms with E-state index in [1.54, 1.807) is 6.07 Å². The lowest BCUT2D eigenvalue weighted by Gasteiger charge is -2.34. The van der Waals surface area contributed by atoms with Gasteiger partial charge >= 0.3 is 0 Å². The molecule has 0 saturated carbocycles. The Morgan fingerprint density at radius 3 is 2.69 bits per heavy atom. The molecule has 5 rings (SSSR count). The van der Waals surface area contributed by atoms with Crippen molar-refractivity contribution in [2.24, 2.45) is 0 Å². The normalized spacial score (nSPS) is 16.1. The van der Waals surface area contributed by atoms with Crippen LogP contribution in [0.4, 0.5) is 0 Å². The number of hydrogen-bond donors (Lipinski definition) is 1. The molecule has 1 saturated heterocycles. The Hall–Kier alpha value is -2.34. The third-order valence-corrected chi connectivity index (χ3v) is 6.61. The monoisotopic (exact) mass is 427 g/mol. The summed E-state index contributed by atoms with van der Waals surface area (Å²) in [5.74, 6) is 0. The molecule has 0 amide bonds. The summed E-state index contributed by atoms with van der Waals surface area (Å²) >= 11 is 12.2. The van der Waals surface area contributed by atoms with E-state index in [1.807, 2.05) is 42.9 Å². The molecule has 1 aromatic carbocycles. The molecule has 0 spiro atoms. The van der Waals surface area contributed by atoms with Crippen molar-refractivity contribution in [1.29, 1.82) is 0 Å². The van der Waals surface area contributed by atoms with Crippen LogP contribution < -0.4 is 10.4 Å². The fourth-order valence-electron chi connectivity index (χ4n) is 4.38. The first-order chi connectivity index (χ1) is 14.1. The molecule has 1 aliphatic rings. The topological polar surface area (TPSA) is 55.2 Å². The fourth-order valence-corrected chi connectivity index (χ4v) is 4.70. The molecule has 5 nitrogen and oxygen atoms in total. The number of benzene rings is 1. The van der Waals surface area contributed by atoms with Crippen LogP contribution in [0.3, 0.4) is 0 Å². The molecule has 148 valence electrons. The number of hydrogen-bond acceptors (Lipinski definition) is 2. The predicted octanol–water partition coefficient (Wildman–Crippen LogP) is 4.44. The molecule has 7 heteroatoms. The maximum Gasteiger partial charge on any atom is 0.286 e. The lowest BCUT2D eigenvalue weighted by atomic mass is 10.0. The number of piperidine rings is 1. The average Bonchev–Trinajstić information content (AvgIpc) is 3.21. The molecule has 0 aliphatic carbocycles. The highest BCUT2D eigenvalue weighted by atomic mass is 35.5. The van der Waals surface area contributed by atoms with Crippen molar-refractivity contribution in [3.05, 3.63) is 74.8 Å². The first-order valence-electron chi connectivity index (χ1n) is 9.79. The molecule has 4 aromatic rings. The van der Waals surface area contributed by atoms with E-state index in [-0.39, 0.29) is 5.43 Å². The highest BCUT2D eigenvalue weighted by Gasteiger charge is 2.23. The largest absolute Gasteiger partial charge is 0.343 e. The van der Waals surface area contributed by atoms with E-state index in [4.69, 9.17) is 23.2 Å². The van der Waals surface area contributed by atoms with Crippen LogP contribution in [-0.4, -0.2) is 27.5 Å². The fraction of sp³-hybridized carbons (Fsp3) is 0.273. The van der Waals surface area contributed by atoms with Crippen LogP contribution in [0, 0.1) is 0 Å². The van der Waals surface area contributed by atoms with E-state index in [0.717, 1.165) is 54.4 Å². The minimum atomic E-state index is 0.0488. The highest BCUT2D eigenvalue weighted by molar-refractivity contribution is 6.42. The van der Waals surface area contributed by atoms with Gasteiger partial charge in [-0.25, -0.2) is 9.97 Å². The van der Waals surface area contributed by atoms with E-state index in [1.165, 1.54) is 5.56 Å². The summed E-state index contributed by atoms with van der Waals surface area (Å²) in [4.78, 5) is 21.3. The second kappa shape index (κ2) is 7.48. The Morgan fingerprint density at radius 2 is 1.90 bits per heavy atom. The van der Waals surface area contributed by atoms with Crippen LogP contribution in [0.5, 0.6) is 0 Å². The number of nitrogens with zero attached hydrogens (tertiary/aromatic N) is 2. The molecule has 0 bridgehead atoms. The van der Waals surface area contributed by atoms with Crippen LogP contribution in [0.1, 0.15) is 24.4 Å². The number of rotatable bonds is 3. The molecule has 3 aromatic heterocycles. The van der Waals surface area contributed by atoms with E-state index < -0.39 is 0 Å². The maximum atomic E-state index is 12.4. The molecule has 29 heavy (non-hydrogen) atoms. The average molecular weight is 428 g/mol. The molecule has 0 unspecified atom stereocenters. The first kappa shape index (κ1) is 18.7. The van der Waals surface area contributed by atoms with E-state index >= 15 is 0 Å². The molecule has 2 N–H and O–H groups in total. The van der Waals surface area contributed by atoms with Gasteiger partial charge in [-0.3, -0.25) is 9.69 Å². The predicted molar refractivity (Wildman–Crippen MR) is 117 cm³/mol. The minimum Gasteiger partial charge on any atom is -0.343 e. The van der Waals surface area contributed by atoms with E-state index in [0.29, 0.717) is 16.1 Å². The summed E-state index contributed by atoms with van der Waals surface area (Å²) in [5.41, 5.74) is 3.17. The van der Waals surface area contributed by atoms with Gasteiger partial charge in [-0.1, -0.05) is 29.3 Å². The highest BCUT2D eigenvalue weighted by Crippen LogP contribution is 2.29. The summed E-state index contributed by atoms with van der Waals surface area (Å²) in [7, 11) is 0. The van der Waals surface area contributed by atoms with Crippen molar-refractivity contribution in [2.75, 3.05) is 13.1 Å². The van der Waals surface area contributed by atoms with Crippen molar-refractivity contribution < 1.29 is 4.98 Å². The number of halogens is 2. The van der Waals surface area contributed by atoms with Crippen molar-refractivity contribution in [2.45, 2.75) is 25.4 Å². The summed E-state index contributed by atoms with van der Waals surface area (Å²) in [6.45, 7) is 2.85. The van der Waals surface area contributed by atoms with Gasteiger partial charge in [0.25, 0.3) is 5.65 Å². The molecular weight excluding hydrogens is 407 g/mol. The molecule has 0 atom stereocenters. The third kappa shape index (κ3) is 3.44. The zero-order valence-corrected chi connectivity index (χ0v) is 17.3. The minimum absolute atomic E-state index is 0.0488. The molecule has 0 radical (unpaired) electrons. The smallest absolute Gasteiger partial charge is 0.286 e. The number of likely N-dealkylation sites (tertiary alicyclic amines) is 1. The van der Waals surface area contributed by atoms with Crippen molar-refractivity contribution in [3.63, 3.8) is 0 Å². The summed E-state index contributed by atoms with van der Waals surface area (Å²) in [5, 5.41) is 2.98.